The van der Waals surface area contributed by atoms with Crippen molar-refractivity contribution in [2.45, 2.75) is 56.8 Å². The van der Waals surface area contributed by atoms with Gasteiger partial charge in [-0.2, -0.15) is 0 Å². The summed E-state index contributed by atoms with van der Waals surface area (Å²) < 4.78 is 13.0. The van der Waals surface area contributed by atoms with E-state index in [1.165, 1.54) is 24.6 Å². The van der Waals surface area contributed by atoms with Crippen LogP contribution in [0.2, 0.25) is 0 Å². The van der Waals surface area contributed by atoms with Crippen molar-refractivity contribution in [1.29, 1.82) is 0 Å². The number of amides is 1. The number of hydrogen-bond donors (Lipinski definition) is 1. The second kappa shape index (κ2) is 10.5. The second-order valence-corrected chi connectivity index (χ2v) is 8.94. The number of thioether (sulfide) groups is 1. The van der Waals surface area contributed by atoms with E-state index in [1.807, 2.05) is 13.0 Å². The van der Waals surface area contributed by atoms with Gasteiger partial charge in [0.2, 0.25) is 5.91 Å². The Hall–Kier alpha value is -1.84. The Morgan fingerprint density at radius 3 is 2.77 bits per heavy atom. The summed E-state index contributed by atoms with van der Waals surface area (Å²) in [5.74, 6) is 2.08. The molecule has 30 heavy (non-hydrogen) atoms. The Morgan fingerprint density at radius 1 is 1.23 bits per heavy atom. The summed E-state index contributed by atoms with van der Waals surface area (Å²) in [5.41, 5.74) is 0.955. The van der Waals surface area contributed by atoms with Crippen molar-refractivity contribution >= 4 is 17.7 Å². The molecule has 164 valence electrons. The fourth-order valence-electron chi connectivity index (χ4n) is 4.16. The number of hydrogen-bond acceptors (Lipinski definition) is 7. The van der Waals surface area contributed by atoms with E-state index in [2.05, 4.69) is 25.0 Å². The van der Waals surface area contributed by atoms with Crippen molar-refractivity contribution in [2.24, 2.45) is 0 Å². The van der Waals surface area contributed by atoms with Gasteiger partial charge in [-0.25, -0.2) is 0 Å². The Morgan fingerprint density at radius 2 is 2.03 bits per heavy atom. The number of aryl methyl sites for hydroxylation is 1. The molecule has 2 fully saturated rings. The van der Waals surface area contributed by atoms with Crippen LogP contribution >= 0.6 is 11.8 Å². The van der Waals surface area contributed by atoms with Crippen molar-refractivity contribution in [3.8, 4) is 11.4 Å². The van der Waals surface area contributed by atoms with Crippen LogP contribution in [-0.4, -0.2) is 70.2 Å². The van der Waals surface area contributed by atoms with Gasteiger partial charge in [-0.05, 0) is 32.3 Å². The minimum atomic E-state index is 0.0795. The van der Waals surface area contributed by atoms with E-state index in [-0.39, 0.29) is 5.91 Å². The molecule has 1 saturated heterocycles. The van der Waals surface area contributed by atoms with Gasteiger partial charge in [0.1, 0.15) is 5.76 Å². The molecule has 0 unspecified atom stereocenters. The molecule has 2 aromatic heterocycles. The highest BCUT2D eigenvalue weighted by atomic mass is 32.2. The third kappa shape index (κ3) is 5.44. The van der Waals surface area contributed by atoms with E-state index >= 15 is 0 Å². The number of carbonyl (C=O) groups excluding carboxylic acids is 1. The van der Waals surface area contributed by atoms with E-state index < -0.39 is 0 Å². The molecular formula is C21H31N5O3S. The largest absolute Gasteiger partial charge is 0.469 e. The van der Waals surface area contributed by atoms with Crippen LogP contribution in [0.4, 0.5) is 0 Å². The molecule has 1 N–H and O–H groups in total. The summed E-state index contributed by atoms with van der Waals surface area (Å²) in [4.78, 5) is 14.8. The van der Waals surface area contributed by atoms with Gasteiger partial charge in [0.25, 0.3) is 0 Å². The predicted molar refractivity (Wildman–Crippen MR) is 115 cm³/mol. The van der Waals surface area contributed by atoms with Crippen molar-refractivity contribution in [3.63, 3.8) is 0 Å². The van der Waals surface area contributed by atoms with Gasteiger partial charge >= 0.3 is 0 Å². The molecular weight excluding hydrogens is 402 g/mol. The second-order valence-electron chi connectivity index (χ2n) is 7.99. The Bertz CT molecular complexity index is 824. The minimum Gasteiger partial charge on any atom is -0.469 e. The first-order chi connectivity index (χ1) is 14.7. The lowest BCUT2D eigenvalue weighted by molar-refractivity contribution is -0.119. The van der Waals surface area contributed by atoms with E-state index in [9.17, 15) is 4.79 Å². The molecule has 9 heteroatoms. The van der Waals surface area contributed by atoms with Gasteiger partial charge < -0.3 is 19.0 Å². The molecule has 0 aromatic carbocycles. The van der Waals surface area contributed by atoms with E-state index in [1.54, 1.807) is 6.26 Å². The number of nitrogens with one attached hydrogen (secondary N) is 1. The maximum atomic E-state index is 12.4. The lowest BCUT2D eigenvalue weighted by Gasteiger charge is -2.26. The maximum absolute atomic E-state index is 12.4. The minimum absolute atomic E-state index is 0.0795. The number of morpholine rings is 1. The number of furan rings is 1. The third-order valence-electron chi connectivity index (χ3n) is 5.83. The smallest absolute Gasteiger partial charge is 0.230 e. The summed E-state index contributed by atoms with van der Waals surface area (Å²) >= 11 is 1.46. The summed E-state index contributed by atoms with van der Waals surface area (Å²) in [6.45, 7) is 7.34. The highest BCUT2D eigenvalue weighted by Gasteiger charge is 2.21. The summed E-state index contributed by atoms with van der Waals surface area (Å²) in [7, 11) is 0. The van der Waals surface area contributed by atoms with Gasteiger partial charge in [0.05, 0.1) is 30.8 Å². The van der Waals surface area contributed by atoms with Gasteiger partial charge in [0, 0.05) is 32.2 Å². The third-order valence-corrected chi connectivity index (χ3v) is 6.80. The van der Waals surface area contributed by atoms with E-state index in [4.69, 9.17) is 9.15 Å². The molecule has 1 amide bonds. The van der Waals surface area contributed by atoms with Crippen molar-refractivity contribution in [1.82, 2.24) is 25.0 Å². The van der Waals surface area contributed by atoms with Crippen LogP contribution in [-0.2, 0) is 16.1 Å². The quantitative estimate of drug-likeness (QED) is 0.609. The number of carbonyl (C=O) groups is 1. The number of aromatic nitrogens is 3. The predicted octanol–water partition coefficient (Wildman–Crippen LogP) is 2.72. The highest BCUT2D eigenvalue weighted by Crippen LogP contribution is 2.27. The molecule has 0 radical (unpaired) electrons. The van der Waals surface area contributed by atoms with Crippen molar-refractivity contribution in [2.75, 3.05) is 38.6 Å². The Balaban J connectivity index is 1.40. The first-order valence-corrected chi connectivity index (χ1v) is 11.9. The number of rotatable bonds is 9. The first-order valence-electron chi connectivity index (χ1n) is 10.9. The maximum Gasteiger partial charge on any atom is 0.230 e. The fraction of sp³-hybridized carbons (Fsp3) is 0.667. The molecule has 1 saturated carbocycles. The molecule has 2 aromatic rings. The average molecular weight is 434 g/mol. The molecule has 3 heterocycles. The van der Waals surface area contributed by atoms with Gasteiger partial charge in [-0.1, -0.05) is 24.6 Å². The Labute approximate surface area is 181 Å². The highest BCUT2D eigenvalue weighted by molar-refractivity contribution is 7.99. The summed E-state index contributed by atoms with van der Waals surface area (Å²) in [6.07, 6.45) is 7.28. The lowest BCUT2D eigenvalue weighted by atomic mass is 10.2. The topological polar surface area (TPSA) is 85.4 Å². The van der Waals surface area contributed by atoms with Crippen LogP contribution in [0.25, 0.3) is 11.4 Å². The Kier molecular flexibility index (Phi) is 7.46. The SMILES string of the molecule is Cc1occc1-c1nnc(SCC(=O)NC2CCCC2)n1CCCN1CCOCC1. The zero-order chi connectivity index (χ0) is 20.8. The average Bonchev–Trinajstić information content (AvgIpc) is 3.49. The molecule has 0 atom stereocenters. The lowest BCUT2D eigenvalue weighted by Crippen LogP contribution is -2.37. The summed E-state index contributed by atoms with van der Waals surface area (Å²) in [5, 5.41) is 12.8. The van der Waals surface area contributed by atoms with Crippen molar-refractivity contribution < 1.29 is 13.9 Å². The van der Waals surface area contributed by atoms with Gasteiger partial charge in [-0.15, -0.1) is 10.2 Å². The molecule has 0 bridgehead atoms. The van der Waals surface area contributed by atoms with Crippen LogP contribution in [0.5, 0.6) is 0 Å². The van der Waals surface area contributed by atoms with E-state index in [0.29, 0.717) is 11.8 Å². The summed E-state index contributed by atoms with van der Waals surface area (Å²) in [6, 6.07) is 2.27. The van der Waals surface area contributed by atoms with Crippen LogP contribution in [0.3, 0.4) is 0 Å². The van der Waals surface area contributed by atoms with E-state index in [0.717, 1.165) is 81.0 Å². The molecule has 2 aliphatic rings. The van der Waals surface area contributed by atoms with Crippen LogP contribution in [0.1, 0.15) is 37.9 Å². The molecule has 1 aliphatic heterocycles. The zero-order valence-corrected chi connectivity index (χ0v) is 18.5. The molecule has 4 rings (SSSR count). The molecule has 8 nitrogen and oxygen atoms in total. The van der Waals surface area contributed by atoms with Crippen LogP contribution in [0.15, 0.2) is 21.9 Å². The standard InChI is InChI=1S/C21H31N5O3S/c1-16-18(7-12-29-16)20-23-24-21(30-15-19(27)22-17-5-2-3-6-17)26(20)9-4-8-25-10-13-28-14-11-25/h7,12,17H,2-6,8-11,13-15H2,1H3,(H,22,27). The van der Waals surface area contributed by atoms with Gasteiger partial charge in [0.15, 0.2) is 11.0 Å². The fourth-order valence-corrected chi connectivity index (χ4v) is 4.94. The number of ether oxygens (including phenoxy) is 1. The first kappa shape index (κ1) is 21.4. The monoisotopic (exact) mass is 433 g/mol. The molecule has 0 spiro atoms. The normalized spacial score (nSPS) is 18.2. The van der Waals surface area contributed by atoms with Crippen LogP contribution < -0.4 is 5.32 Å². The van der Waals surface area contributed by atoms with Crippen molar-refractivity contribution in [3.05, 3.63) is 18.1 Å². The van der Waals surface area contributed by atoms with Gasteiger partial charge in [-0.3, -0.25) is 9.69 Å². The number of nitrogens with zero attached hydrogens (tertiary/aromatic N) is 4. The van der Waals surface area contributed by atoms with Crippen LogP contribution in [0, 0.1) is 6.92 Å². The zero-order valence-electron chi connectivity index (χ0n) is 17.6. The molecule has 1 aliphatic carbocycles.